The molecule has 7 heteroatoms. The van der Waals surface area contributed by atoms with Gasteiger partial charge in [0, 0.05) is 6.54 Å². The second kappa shape index (κ2) is 10.1. The molecule has 0 atom stereocenters. The minimum Gasteiger partial charge on any atom is -0.320 e. The number of hydrogen-bond donors (Lipinski definition) is 0. The van der Waals surface area contributed by atoms with Crippen LogP contribution < -0.4 is 11.2 Å². The molecule has 6 nitrogen and oxygen atoms in total. The van der Waals surface area contributed by atoms with Crippen LogP contribution in [0, 0.1) is 5.82 Å². The maximum absolute atomic E-state index is 13.8. The van der Waals surface area contributed by atoms with E-state index >= 15 is 0 Å². The maximum Gasteiger partial charge on any atom is 0.337 e. The number of hydrogen-bond acceptors (Lipinski definition) is 3. The van der Waals surface area contributed by atoms with E-state index in [-0.39, 0.29) is 17.8 Å². The molecule has 0 radical (unpaired) electrons. The third-order valence-corrected chi connectivity index (χ3v) is 7.14. The molecule has 2 aromatic heterocycles. The highest BCUT2D eigenvalue weighted by molar-refractivity contribution is 5.72. The summed E-state index contributed by atoms with van der Waals surface area (Å²) in [5.74, 6) is -0.0353. The van der Waals surface area contributed by atoms with Crippen molar-refractivity contribution >= 4 is 11.2 Å². The minimum absolute atomic E-state index is 0.0173. The Morgan fingerprint density at radius 2 is 1.41 bits per heavy atom. The first kappa shape index (κ1) is 26.4. The van der Waals surface area contributed by atoms with E-state index in [2.05, 4.69) is 63.9 Å². The van der Waals surface area contributed by atoms with Crippen molar-refractivity contribution in [1.29, 1.82) is 0 Å². The van der Waals surface area contributed by atoms with E-state index in [1.807, 2.05) is 24.3 Å². The molecular weight excluding hydrogens is 491 g/mol. The van der Waals surface area contributed by atoms with Crippen LogP contribution in [-0.2, 0) is 18.5 Å². The smallest absolute Gasteiger partial charge is 0.320 e. The Hall–Kier alpha value is -4.26. The first-order chi connectivity index (χ1) is 18.5. The van der Waals surface area contributed by atoms with Crippen molar-refractivity contribution in [1.82, 2.24) is 18.7 Å². The monoisotopic (exact) mass is 524 g/mol. The van der Waals surface area contributed by atoms with E-state index in [9.17, 15) is 14.0 Å². The quantitative estimate of drug-likeness (QED) is 0.274. The first-order valence-electron chi connectivity index (χ1n) is 13.2. The molecule has 0 N–H and O–H groups in total. The van der Waals surface area contributed by atoms with Crippen LogP contribution in [0.25, 0.3) is 16.9 Å². The van der Waals surface area contributed by atoms with Crippen molar-refractivity contribution < 1.29 is 4.39 Å². The zero-order valence-electron chi connectivity index (χ0n) is 23.0. The number of benzene rings is 3. The molecular formula is C32H33FN4O2. The topological polar surface area (TPSA) is 61.8 Å². The van der Waals surface area contributed by atoms with Crippen molar-refractivity contribution in [3.05, 3.63) is 128 Å². The lowest BCUT2D eigenvalue weighted by Gasteiger charge is -2.19. The Labute approximate surface area is 227 Å². The highest BCUT2D eigenvalue weighted by Crippen LogP contribution is 2.23. The molecule has 0 fully saturated rings. The summed E-state index contributed by atoms with van der Waals surface area (Å²) in [5.41, 5.74) is 4.43. The van der Waals surface area contributed by atoms with Gasteiger partial charge in [0.2, 0.25) is 0 Å². The summed E-state index contributed by atoms with van der Waals surface area (Å²) in [6.45, 7) is 11.2. The van der Waals surface area contributed by atoms with Crippen LogP contribution in [0.1, 0.15) is 62.8 Å². The van der Waals surface area contributed by atoms with Gasteiger partial charge >= 0.3 is 5.69 Å². The van der Waals surface area contributed by atoms with Gasteiger partial charge in [-0.25, -0.2) is 18.7 Å². The molecule has 5 rings (SSSR count). The highest BCUT2D eigenvalue weighted by atomic mass is 19.1. The molecule has 0 spiro atoms. The number of nitrogens with zero attached hydrogens (tertiary/aromatic N) is 4. The number of imidazole rings is 1. The number of halogens is 1. The van der Waals surface area contributed by atoms with E-state index in [1.165, 1.54) is 26.8 Å². The van der Waals surface area contributed by atoms with Crippen LogP contribution >= 0.6 is 0 Å². The van der Waals surface area contributed by atoms with E-state index in [4.69, 9.17) is 0 Å². The van der Waals surface area contributed by atoms with E-state index in [0.29, 0.717) is 34.9 Å². The Balaban J connectivity index is 1.67. The maximum atomic E-state index is 13.8. The lowest BCUT2D eigenvalue weighted by molar-refractivity contribution is 0.590. The van der Waals surface area contributed by atoms with Crippen molar-refractivity contribution in [2.45, 2.75) is 59.0 Å². The van der Waals surface area contributed by atoms with E-state index in [1.54, 1.807) is 23.0 Å². The minimum atomic E-state index is -0.492. The highest BCUT2D eigenvalue weighted by Gasteiger charge is 2.20. The van der Waals surface area contributed by atoms with Crippen LogP contribution in [0.2, 0.25) is 0 Å². The lowest BCUT2D eigenvalue weighted by Crippen LogP contribution is -2.40. The van der Waals surface area contributed by atoms with Crippen LogP contribution in [0.5, 0.6) is 0 Å². The van der Waals surface area contributed by atoms with Crippen molar-refractivity contribution in [2.75, 3.05) is 0 Å². The second-order valence-electron chi connectivity index (χ2n) is 11.4. The van der Waals surface area contributed by atoms with E-state index in [0.717, 1.165) is 11.1 Å². The molecule has 0 bridgehead atoms. The third-order valence-electron chi connectivity index (χ3n) is 7.14. The lowest BCUT2D eigenvalue weighted by atomic mass is 9.87. The summed E-state index contributed by atoms with van der Waals surface area (Å²) in [4.78, 5) is 32.2. The van der Waals surface area contributed by atoms with Gasteiger partial charge in [0.05, 0.1) is 18.6 Å². The molecule has 5 aromatic rings. The standard InChI is InChI=1S/C32H33FN4O2/c1-21(2)24-10-16-27(17-11-24)37-29-28(30(38)36(31(37)39)19-23-8-14-26(33)15-9-23)35(20-34-29)18-22-6-12-25(13-7-22)32(3,4)5/h6-17,20-21H,18-19H2,1-5H3. The summed E-state index contributed by atoms with van der Waals surface area (Å²) in [6, 6.07) is 21.9. The number of fused-ring (bicyclic) bond motifs is 1. The Kier molecular flexibility index (Phi) is 6.85. The third kappa shape index (κ3) is 5.21. The Morgan fingerprint density at radius 1 is 0.821 bits per heavy atom. The van der Waals surface area contributed by atoms with Crippen LogP contribution in [0.15, 0.2) is 88.7 Å². The van der Waals surface area contributed by atoms with Crippen LogP contribution in [0.3, 0.4) is 0 Å². The van der Waals surface area contributed by atoms with Crippen molar-refractivity contribution in [3.8, 4) is 5.69 Å². The van der Waals surface area contributed by atoms with Crippen molar-refractivity contribution in [2.24, 2.45) is 0 Å². The summed E-state index contributed by atoms with van der Waals surface area (Å²) in [5, 5.41) is 0. The molecule has 39 heavy (non-hydrogen) atoms. The van der Waals surface area contributed by atoms with Crippen LogP contribution in [0.4, 0.5) is 4.39 Å². The summed E-state index contributed by atoms with van der Waals surface area (Å²) >= 11 is 0. The molecule has 0 amide bonds. The van der Waals surface area contributed by atoms with Gasteiger partial charge in [-0.15, -0.1) is 0 Å². The van der Waals surface area contributed by atoms with Gasteiger partial charge in [0.25, 0.3) is 5.56 Å². The molecule has 0 saturated carbocycles. The second-order valence-corrected chi connectivity index (χ2v) is 11.4. The molecule has 0 saturated heterocycles. The molecule has 0 aliphatic rings. The molecule has 200 valence electrons. The van der Waals surface area contributed by atoms with Gasteiger partial charge in [-0.1, -0.05) is 83.1 Å². The van der Waals surface area contributed by atoms with Crippen molar-refractivity contribution in [3.63, 3.8) is 0 Å². The Bertz CT molecular complexity index is 1740. The fourth-order valence-corrected chi connectivity index (χ4v) is 4.76. The van der Waals surface area contributed by atoms with Gasteiger partial charge < -0.3 is 4.57 Å². The zero-order chi connectivity index (χ0) is 27.9. The molecule has 0 aliphatic heterocycles. The summed E-state index contributed by atoms with van der Waals surface area (Å²) < 4.78 is 18.0. The summed E-state index contributed by atoms with van der Waals surface area (Å²) in [6.07, 6.45) is 1.62. The average molecular weight is 525 g/mol. The largest absolute Gasteiger partial charge is 0.337 e. The fourth-order valence-electron chi connectivity index (χ4n) is 4.76. The molecule has 3 aromatic carbocycles. The summed E-state index contributed by atoms with van der Waals surface area (Å²) in [7, 11) is 0. The predicted octanol–water partition coefficient (Wildman–Crippen LogP) is 6.01. The molecule has 0 aliphatic carbocycles. The number of aromatic nitrogens is 4. The van der Waals surface area contributed by atoms with Gasteiger partial charge in [0.1, 0.15) is 5.82 Å². The average Bonchev–Trinajstić information content (AvgIpc) is 3.31. The number of rotatable bonds is 6. The van der Waals surface area contributed by atoms with Crippen LogP contribution in [-0.4, -0.2) is 18.7 Å². The molecule has 0 unspecified atom stereocenters. The normalized spacial score (nSPS) is 12.0. The van der Waals surface area contributed by atoms with Gasteiger partial charge in [-0.3, -0.25) is 9.36 Å². The zero-order valence-corrected chi connectivity index (χ0v) is 23.0. The van der Waals surface area contributed by atoms with Gasteiger partial charge in [-0.05, 0) is 57.9 Å². The predicted molar refractivity (Wildman–Crippen MR) is 153 cm³/mol. The molecule has 2 heterocycles. The first-order valence-corrected chi connectivity index (χ1v) is 13.2. The Morgan fingerprint density at radius 3 is 2.00 bits per heavy atom. The SMILES string of the molecule is CC(C)c1ccc(-n2c(=O)n(Cc3ccc(F)cc3)c(=O)c3c2ncn3Cc2ccc(C(C)(C)C)cc2)cc1. The fraction of sp³-hybridized carbons (Fsp3) is 0.281. The van der Waals surface area contributed by atoms with Gasteiger partial charge in [0.15, 0.2) is 11.2 Å². The van der Waals surface area contributed by atoms with E-state index < -0.39 is 11.2 Å². The van der Waals surface area contributed by atoms with Gasteiger partial charge in [-0.2, -0.15) is 0 Å².